The molecule has 0 fully saturated rings. The molecule has 0 saturated heterocycles. The summed E-state index contributed by atoms with van der Waals surface area (Å²) >= 11 is 3.29. The summed E-state index contributed by atoms with van der Waals surface area (Å²) in [5.41, 5.74) is -0.409. The van der Waals surface area contributed by atoms with Crippen LogP contribution in [0.1, 0.15) is 13.8 Å². The van der Waals surface area contributed by atoms with E-state index in [-0.39, 0.29) is 23.7 Å². The Hall–Kier alpha value is -1.97. The second kappa shape index (κ2) is 7.94. The number of halogens is 1. The highest BCUT2D eigenvalue weighted by Gasteiger charge is 2.26. The lowest BCUT2D eigenvalue weighted by Gasteiger charge is -2.18. The Bertz CT molecular complexity index is 882. The van der Waals surface area contributed by atoms with Gasteiger partial charge >= 0.3 is 5.69 Å². The summed E-state index contributed by atoms with van der Waals surface area (Å²) in [4.78, 5) is 10.6. The largest absolute Gasteiger partial charge is 0.450 e. The van der Waals surface area contributed by atoms with Crippen LogP contribution in [0.2, 0.25) is 0 Å². The second-order valence-corrected chi connectivity index (χ2v) is 7.89. The van der Waals surface area contributed by atoms with Crippen molar-refractivity contribution < 1.29 is 18.1 Å². The standard InChI is InChI=1S/C16H17BrN2O5S/c1-3-18(4-2)25(22,23)14-8-9-16(15(11-14)19(20)21)24-13-7-5-6-12(17)10-13/h5-11H,3-4H2,1-2H3. The number of benzene rings is 2. The van der Waals surface area contributed by atoms with Crippen LogP contribution in [-0.4, -0.2) is 30.7 Å². The van der Waals surface area contributed by atoms with E-state index in [9.17, 15) is 18.5 Å². The van der Waals surface area contributed by atoms with Crippen LogP contribution < -0.4 is 4.74 Å². The Morgan fingerprint density at radius 1 is 1.16 bits per heavy atom. The van der Waals surface area contributed by atoms with Gasteiger partial charge in [0.2, 0.25) is 15.8 Å². The summed E-state index contributed by atoms with van der Waals surface area (Å²) in [5, 5.41) is 11.4. The van der Waals surface area contributed by atoms with Gasteiger partial charge < -0.3 is 4.74 Å². The molecule has 0 saturated carbocycles. The van der Waals surface area contributed by atoms with Gasteiger partial charge in [-0.2, -0.15) is 4.31 Å². The van der Waals surface area contributed by atoms with E-state index >= 15 is 0 Å². The quantitative estimate of drug-likeness (QED) is 0.487. The third-order valence-electron chi connectivity index (χ3n) is 3.49. The third-order valence-corrected chi connectivity index (χ3v) is 6.03. The fourth-order valence-electron chi connectivity index (χ4n) is 2.26. The molecule has 2 aromatic carbocycles. The van der Waals surface area contributed by atoms with Gasteiger partial charge in [-0.1, -0.05) is 35.8 Å². The van der Waals surface area contributed by atoms with Crippen molar-refractivity contribution in [2.75, 3.05) is 13.1 Å². The van der Waals surface area contributed by atoms with Crippen LogP contribution >= 0.6 is 15.9 Å². The maximum atomic E-state index is 12.5. The normalized spacial score (nSPS) is 11.5. The van der Waals surface area contributed by atoms with Crippen molar-refractivity contribution in [3.8, 4) is 11.5 Å². The average Bonchev–Trinajstić information content (AvgIpc) is 2.55. The zero-order valence-electron chi connectivity index (χ0n) is 13.7. The van der Waals surface area contributed by atoms with Crippen LogP contribution in [0.15, 0.2) is 51.8 Å². The number of sulfonamides is 1. The molecule has 0 heterocycles. The van der Waals surface area contributed by atoms with Gasteiger partial charge in [-0.15, -0.1) is 0 Å². The first kappa shape index (κ1) is 19.4. The molecule has 0 bridgehead atoms. The lowest BCUT2D eigenvalue weighted by Crippen LogP contribution is -2.30. The van der Waals surface area contributed by atoms with Crippen LogP contribution in [0.4, 0.5) is 5.69 Å². The summed E-state index contributed by atoms with van der Waals surface area (Å²) in [6, 6.07) is 10.5. The monoisotopic (exact) mass is 428 g/mol. The first-order valence-corrected chi connectivity index (χ1v) is 9.75. The van der Waals surface area contributed by atoms with E-state index in [1.54, 1.807) is 38.1 Å². The SMILES string of the molecule is CCN(CC)S(=O)(=O)c1ccc(Oc2cccc(Br)c2)c([N+](=O)[O-])c1. The zero-order chi connectivity index (χ0) is 18.6. The van der Waals surface area contributed by atoms with Gasteiger partial charge in [-0.3, -0.25) is 10.1 Å². The minimum absolute atomic E-state index is 0.0263. The van der Waals surface area contributed by atoms with Gasteiger partial charge in [0.05, 0.1) is 9.82 Å². The number of hydrogen-bond donors (Lipinski definition) is 0. The van der Waals surface area contributed by atoms with Crippen LogP contribution in [0.25, 0.3) is 0 Å². The third kappa shape index (κ3) is 4.36. The minimum Gasteiger partial charge on any atom is -0.450 e. The van der Waals surface area contributed by atoms with Crippen molar-refractivity contribution in [1.82, 2.24) is 4.31 Å². The van der Waals surface area contributed by atoms with Crippen LogP contribution in [0.5, 0.6) is 11.5 Å². The first-order chi connectivity index (χ1) is 11.8. The summed E-state index contributed by atoms with van der Waals surface area (Å²) in [6.07, 6.45) is 0. The molecular formula is C16H17BrN2O5S. The number of rotatable bonds is 7. The van der Waals surface area contributed by atoms with Crippen LogP contribution in [-0.2, 0) is 10.0 Å². The van der Waals surface area contributed by atoms with E-state index in [1.165, 1.54) is 16.4 Å². The molecule has 0 aliphatic rings. The fraction of sp³-hybridized carbons (Fsp3) is 0.250. The lowest BCUT2D eigenvalue weighted by molar-refractivity contribution is -0.385. The summed E-state index contributed by atoms with van der Waals surface area (Å²) in [7, 11) is -3.79. The van der Waals surface area contributed by atoms with Crippen molar-refractivity contribution in [2.24, 2.45) is 0 Å². The van der Waals surface area contributed by atoms with E-state index in [0.29, 0.717) is 5.75 Å². The second-order valence-electron chi connectivity index (χ2n) is 5.04. The molecule has 2 rings (SSSR count). The molecule has 0 unspecified atom stereocenters. The van der Waals surface area contributed by atoms with E-state index in [0.717, 1.165) is 10.5 Å². The molecule has 134 valence electrons. The van der Waals surface area contributed by atoms with E-state index in [4.69, 9.17) is 4.74 Å². The van der Waals surface area contributed by atoms with Gasteiger partial charge in [-0.05, 0) is 30.3 Å². The Morgan fingerprint density at radius 2 is 1.84 bits per heavy atom. The molecule has 0 aromatic heterocycles. The molecule has 0 aliphatic carbocycles. The van der Waals surface area contributed by atoms with Gasteiger partial charge in [0, 0.05) is 23.6 Å². The smallest absolute Gasteiger partial charge is 0.312 e. The Labute approximate surface area is 154 Å². The highest BCUT2D eigenvalue weighted by molar-refractivity contribution is 9.10. The highest BCUT2D eigenvalue weighted by atomic mass is 79.9. The molecule has 0 radical (unpaired) electrons. The van der Waals surface area contributed by atoms with Gasteiger partial charge in [0.15, 0.2) is 0 Å². The zero-order valence-corrected chi connectivity index (χ0v) is 16.1. The highest BCUT2D eigenvalue weighted by Crippen LogP contribution is 2.34. The number of nitrogens with zero attached hydrogens (tertiary/aromatic N) is 2. The molecule has 0 amide bonds. The van der Waals surface area contributed by atoms with Crippen LogP contribution in [0.3, 0.4) is 0 Å². The van der Waals surface area contributed by atoms with E-state index < -0.39 is 20.6 Å². The fourth-order valence-corrected chi connectivity index (χ4v) is 4.11. The predicted molar refractivity (Wildman–Crippen MR) is 97.4 cm³/mol. The Kier molecular flexibility index (Phi) is 6.15. The lowest BCUT2D eigenvalue weighted by atomic mass is 10.3. The average molecular weight is 429 g/mol. The van der Waals surface area contributed by atoms with Crippen molar-refractivity contribution in [3.63, 3.8) is 0 Å². The maximum Gasteiger partial charge on any atom is 0.312 e. The molecule has 25 heavy (non-hydrogen) atoms. The molecule has 0 atom stereocenters. The van der Waals surface area contributed by atoms with Crippen LogP contribution in [0, 0.1) is 10.1 Å². The Balaban J connectivity index is 2.46. The molecule has 7 nitrogen and oxygen atoms in total. The number of nitro groups is 1. The maximum absolute atomic E-state index is 12.5. The molecular weight excluding hydrogens is 412 g/mol. The molecule has 0 spiro atoms. The topological polar surface area (TPSA) is 89.8 Å². The van der Waals surface area contributed by atoms with Crippen molar-refractivity contribution >= 4 is 31.6 Å². The number of hydrogen-bond acceptors (Lipinski definition) is 5. The summed E-state index contributed by atoms with van der Waals surface area (Å²) in [6.45, 7) is 3.98. The predicted octanol–water partition coefficient (Wildman–Crippen LogP) is 4.18. The van der Waals surface area contributed by atoms with Gasteiger partial charge in [0.1, 0.15) is 5.75 Å². The molecule has 0 N–H and O–H groups in total. The molecule has 0 aliphatic heterocycles. The van der Waals surface area contributed by atoms with Gasteiger partial charge in [0.25, 0.3) is 0 Å². The molecule has 9 heteroatoms. The Morgan fingerprint density at radius 3 is 2.40 bits per heavy atom. The minimum atomic E-state index is -3.79. The van der Waals surface area contributed by atoms with Crippen molar-refractivity contribution in [1.29, 1.82) is 0 Å². The van der Waals surface area contributed by atoms with Crippen molar-refractivity contribution in [2.45, 2.75) is 18.7 Å². The molecule has 2 aromatic rings. The summed E-state index contributed by atoms with van der Waals surface area (Å²) in [5.74, 6) is 0.374. The number of ether oxygens (including phenoxy) is 1. The summed E-state index contributed by atoms with van der Waals surface area (Å²) < 4.78 is 32.6. The number of nitro benzene ring substituents is 1. The van der Waals surface area contributed by atoms with Gasteiger partial charge in [-0.25, -0.2) is 8.42 Å². The first-order valence-electron chi connectivity index (χ1n) is 7.51. The van der Waals surface area contributed by atoms with Crippen molar-refractivity contribution in [3.05, 3.63) is 57.1 Å². The van der Waals surface area contributed by atoms with E-state index in [2.05, 4.69) is 15.9 Å². The van der Waals surface area contributed by atoms with E-state index in [1.807, 2.05) is 0 Å².